The van der Waals surface area contributed by atoms with Crippen molar-refractivity contribution in [3.05, 3.63) is 72.2 Å². The maximum absolute atomic E-state index is 12.6. The van der Waals surface area contributed by atoms with Gasteiger partial charge < -0.3 is 15.6 Å². The molecule has 0 radical (unpaired) electrons. The van der Waals surface area contributed by atoms with E-state index in [9.17, 15) is 4.79 Å². The fourth-order valence-corrected chi connectivity index (χ4v) is 4.53. The van der Waals surface area contributed by atoms with Crippen LogP contribution in [-0.2, 0) is 11.3 Å². The van der Waals surface area contributed by atoms with Gasteiger partial charge in [0.15, 0.2) is 5.82 Å². The monoisotopic (exact) mass is 423 g/mol. The van der Waals surface area contributed by atoms with E-state index in [1.165, 1.54) is 5.56 Å². The number of aromatic nitrogens is 5. The minimum Gasteiger partial charge on any atom is -0.382 e. The van der Waals surface area contributed by atoms with E-state index in [-0.39, 0.29) is 11.8 Å². The summed E-state index contributed by atoms with van der Waals surface area (Å²) in [5.74, 6) is 1.42. The van der Waals surface area contributed by atoms with Gasteiger partial charge in [0.2, 0.25) is 5.91 Å². The molecule has 6 rings (SSSR count). The molecule has 4 N–H and O–H groups in total. The van der Waals surface area contributed by atoms with E-state index in [1.54, 1.807) is 6.20 Å². The van der Waals surface area contributed by atoms with Crippen molar-refractivity contribution in [3.8, 4) is 11.3 Å². The number of hydrogen-bond donors (Lipinski definition) is 3. The predicted octanol–water partition coefficient (Wildman–Crippen LogP) is 3.60. The van der Waals surface area contributed by atoms with Gasteiger partial charge in [-0.25, -0.2) is 9.97 Å². The normalized spacial score (nSPS) is 16.4. The summed E-state index contributed by atoms with van der Waals surface area (Å²) in [6, 6.07) is 18.1. The molecule has 1 unspecified atom stereocenters. The number of rotatable bonds is 4. The number of carbonyl (C=O) groups is 1. The first-order valence-electron chi connectivity index (χ1n) is 10.6. The van der Waals surface area contributed by atoms with E-state index >= 15 is 0 Å². The van der Waals surface area contributed by atoms with Gasteiger partial charge in [-0.05, 0) is 23.8 Å². The molecule has 1 amide bonds. The number of nitrogen functional groups attached to an aromatic ring is 1. The molecule has 1 fully saturated rings. The lowest BCUT2D eigenvalue weighted by atomic mass is 9.99. The van der Waals surface area contributed by atoms with Crippen LogP contribution in [0.15, 0.2) is 60.8 Å². The van der Waals surface area contributed by atoms with Crippen molar-refractivity contribution in [2.45, 2.75) is 18.9 Å². The number of anilines is 1. The lowest BCUT2D eigenvalue weighted by Crippen LogP contribution is -2.25. The number of pyridine rings is 1. The number of nitrogens with zero attached hydrogens (tertiary/aromatic N) is 4. The van der Waals surface area contributed by atoms with Crippen LogP contribution in [-0.4, -0.2) is 42.5 Å². The number of fused-ring (bicyclic) bond motifs is 3. The summed E-state index contributed by atoms with van der Waals surface area (Å²) < 4.78 is 0. The zero-order valence-corrected chi connectivity index (χ0v) is 17.2. The Morgan fingerprint density at radius 2 is 1.97 bits per heavy atom. The Kier molecular flexibility index (Phi) is 4.17. The third kappa shape index (κ3) is 3.08. The zero-order valence-electron chi connectivity index (χ0n) is 17.2. The highest BCUT2D eigenvalue weighted by molar-refractivity contribution is 6.07. The van der Waals surface area contributed by atoms with E-state index in [2.05, 4.69) is 37.3 Å². The molecular formula is C24H21N7O. The summed E-state index contributed by atoms with van der Waals surface area (Å²) >= 11 is 0. The van der Waals surface area contributed by atoms with Crippen LogP contribution in [0.2, 0.25) is 0 Å². The maximum Gasteiger partial charge on any atom is 0.223 e. The van der Waals surface area contributed by atoms with Gasteiger partial charge in [-0.15, -0.1) is 0 Å². The van der Waals surface area contributed by atoms with Crippen molar-refractivity contribution >= 4 is 33.7 Å². The maximum atomic E-state index is 12.6. The first kappa shape index (κ1) is 18.6. The van der Waals surface area contributed by atoms with E-state index in [0.29, 0.717) is 36.7 Å². The Morgan fingerprint density at radius 1 is 1.09 bits per heavy atom. The fourth-order valence-electron chi connectivity index (χ4n) is 4.53. The number of amides is 1. The summed E-state index contributed by atoms with van der Waals surface area (Å²) in [6.45, 7) is 1.10. The predicted molar refractivity (Wildman–Crippen MR) is 123 cm³/mol. The lowest BCUT2D eigenvalue weighted by Gasteiger charge is -2.15. The van der Waals surface area contributed by atoms with E-state index < -0.39 is 0 Å². The van der Waals surface area contributed by atoms with Crippen LogP contribution in [0.1, 0.15) is 23.7 Å². The number of benzene rings is 2. The molecule has 4 heterocycles. The smallest absolute Gasteiger partial charge is 0.223 e. The molecule has 8 nitrogen and oxygen atoms in total. The Hall–Kier alpha value is -4.20. The van der Waals surface area contributed by atoms with Crippen molar-refractivity contribution in [1.29, 1.82) is 0 Å². The minimum atomic E-state index is 0.138. The molecule has 0 spiro atoms. The Morgan fingerprint density at radius 3 is 2.78 bits per heavy atom. The third-order valence-electron chi connectivity index (χ3n) is 6.13. The van der Waals surface area contributed by atoms with Crippen LogP contribution in [0.25, 0.3) is 33.2 Å². The highest BCUT2D eigenvalue weighted by atomic mass is 16.2. The van der Waals surface area contributed by atoms with E-state index in [0.717, 1.165) is 27.7 Å². The molecule has 1 aliphatic rings. The van der Waals surface area contributed by atoms with Crippen LogP contribution in [0.4, 0.5) is 5.82 Å². The topological polar surface area (TPSA) is 117 Å². The molecule has 3 aromatic heterocycles. The highest BCUT2D eigenvalue weighted by Crippen LogP contribution is 2.31. The Labute approximate surface area is 183 Å². The average Bonchev–Trinajstić information content (AvgIpc) is 3.55. The minimum absolute atomic E-state index is 0.138. The van der Waals surface area contributed by atoms with Gasteiger partial charge in [0.25, 0.3) is 0 Å². The molecule has 1 aliphatic heterocycles. The Balaban J connectivity index is 1.32. The van der Waals surface area contributed by atoms with Gasteiger partial charge in [0.05, 0.1) is 23.3 Å². The third-order valence-corrected chi connectivity index (χ3v) is 6.13. The van der Waals surface area contributed by atoms with Gasteiger partial charge in [-0.3, -0.25) is 9.89 Å². The molecule has 32 heavy (non-hydrogen) atoms. The fraction of sp³-hybridized carbons (Fsp3) is 0.167. The van der Waals surface area contributed by atoms with Gasteiger partial charge in [0, 0.05) is 36.0 Å². The van der Waals surface area contributed by atoms with Crippen molar-refractivity contribution in [2.24, 2.45) is 0 Å². The van der Waals surface area contributed by atoms with Gasteiger partial charge in [0.1, 0.15) is 11.3 Å². The van der Waals surface area contributed by atoms with Gasteiger partial charge in [-0.2, -0.15) is 5.10 Å². The zero-order chi connectivity index (χ0) is 21.7. The van der Waals surface area contributed by atoms with Gasteiger partial charge in [-0.1, -0.05) is 36.4 Å². The molecule has 1 atom stereocenters. The molecule has 8 heteroatoms. The summed E-state index contributed by atoms with van der Waals surface area (Å²) in [5.41, 5.74) is 11.5. The molecule has 0 saturated carbocycles. The van der Waals surface area contributed by atoms with Crippen LogP contribution >= 0.6 is 0 Å². The number of imidazole rings is 1. The molecule has 5 aromatic rings. The number of nitrogens with one attached hydrogen (secondary N) is 2. The number of likely N-dealkylation sites (tertiary alicyclic amines) is 1. The number of aromatic amines is 2. The largest absolute Gasteiger partial charge is 0.382 e. The van der Waals surface area contributed by atoms with Crippen molar-refractivity contribution in [1.82, 2.24) is 30.0 Å². The quantitative estimate of drug-likeness (QED) is 0.408. The van der Waals surface area contributed by atoms with Crippen LogP contribution < -0.4 is 5.73 Å². The highest BCUT2D eigenvalue weighted by Gasteiger charge is 2.31. The summed E-state index contributed by atoms with van der Waals surface area (Å²) in [5, 5.41) is 7.99. The Bertz CT molecular complexity index is 1440. The second-order valence-corrected chi connectivity index (χ2v) is 8.18. The lowest BCUT2D eigenvalue weighted by molar-refractivity contribution is -0.128. The average molecular weight is 423 g/mol. The molecule has 0 bridgehead atoms. The molecule has 1 saturated heterocycles. The molecule has 158 valence electrons. The summed E-state index contributed by atoms with van der Waals surface area (Å²) in [6.07, 6.45) is 2.31. The van der Waals surface area contributed by atoms with Crippen molar-refractivity contribution in [2.75, 3.05) is 12.3 Å². The number of H-pyrrole nitrogens is 2. The first-order chi connectivity index (χ1) is 15.7. The van der Waals surface area contributed by atoms with E-state index in [4.69, 9.17) is 5.73 Å². The first-order valence-corrected chi connectivity index (χ1v) is 10.6. The van der Waals surface area contributed by atoms with Crippen LogP contribution in [0.3, 0.4) is 0 Å². The second-order valence-electron chi connectivity index (χ2n) is 8.18. The summed E-state index contributed by atoms with van der Waals surface area (Å²) in [4.78, 5) is 27.1. The number of carbonyl (C=O) groups excluding carboxylic acids is 1. The number of nitrogens with two attached hydrogens (primary N) is 1. The van der Waals surface area contributed by atoms with Crippen molar-refractivity contribution in [3.63, 3.8) is 0 Å². The standard InChI is InChI=1S/C24H21N7O/c25-24-23-22(17-7-6-15(10-19(17)27-24)18-8-9-26-30-18)28-20(29-23)13-31-12-16(11-21(31)32)14-4-2-1-3-5-14/h1-10,16H,11-13H2,(H2,25,27)(H,26,30)(H,28,29). The molecule has 2 aromatic carbocycles. The van der Waals surface area contributed by atoms with Gasteiger partial charge >= 0.3 is 0 Å². The molecule has 0 aliphatic carbocycles. The number of hydrogen-bond acceptors (Lipinski definition) is 5. The summed E-state index contributed by atoms with van der Waals surface area (Å²) in [7, 11) is 0. The van der Waals surface area contributed by atoms with Crippen LogP contribution in [0.5, 0.6) is 0 Å². The molecular weight excluding hydrogens is 402 g/mol. The van der Waals surface area contributed by atoms with E-state index in [1.807, 2.05) is 47.4 Å². The second kappa shape index (κ2) is 7.19. The van der Waals surface area contributed by atoms with Crippen LogP contribution in [0, 0.1) is 0 Å². The van der Waals surface area contributed by atoms with Crippen molar-refractivity contribution < 1.29 is 4.79 Å². The SMILES string of the molecule is Nc1nc2cc(-c3cc[nH]n3)ccc2c2[nH]c(CN3CC(c4ccccc4)CC3=O)nc12.